The minimum absolute atomic E-state index is 0.403. The molecule has 17 rings (SSSR count). The summed E-state index contributed by atoms with van der Waals surface area (Å²) in [6.45, 7) is 4.88. The number of rotatable bonds is 16. The fraction of sp³-hybridized carbons (Fsp3) is 0.0455. The number of anilines is 11. The highest BCUT2D eigenvalue weighted by Crippen LogP contribution is 2.59. The van der Waals surface area contributed by atoms with Crippen molar-refractivity contribution in [1.29, 1.82) is 0 Å². The van der Waals surface area contributed by atoms with Crippen LogP contribution < -0.4 is 19.6 Å². The molecule has 0 radical (unpaired) electrons. The highest BCUT2D eigenvalue weighted by atomic mass is 32.1. The summed E-state index contributed by atoms with van der Waals surface area (Å²) in [7, 11) is 0. The van der Waals surface area contributed by atoms with Crippen molar-refractivity contribution in [2.75, 3.05) is 19.6 Å². The molecule has 0 saturated carbocycles. The molecule has 15 aromatic rings. The van der Waals surface area contributed by atoms with Crippen LogP contribution >= 0.6 is 34.0 Å². The smallest absolute Gasteiger partial charge is 0.0999 e. The third-order valence-corrected chi connectivity index (χ3v) is 21.5. The van der Waals surface area contributed by atoms with Gasteiger partial charge in [0.1, 0.15) is 0 Å². The molecule has 0 atom stereocenters. The lowest BCUT2D eigenvalue weighted by atomic mass is 9.81. The Bertz CT molecular complexity index is 5300. The molecule has 2 aliphatic rings. The topological polar surface area (TPSA) is 13.0 Å². The van der Waals surface area contributed by atoms with Crippen molar-refractivity contribution in [3.05, 3.63) is 355 Å². The normalized spacial score (nSPS) is 12.8. The van der Waals surface area contributed by atoms with Gasteiger partial charge in [-0.3, -0.25) is 0 Å². The Hall–Kier alpha value is -11.1. The molecule has 0 N–H and O–H groups in total. The highest BCUT2D eigenvalue weighted by Gasteiger charge is 2.39. The molecule has 0 amide bonds. The molecular weight excluding hydrogens is 1210 g/mol. The van der Waals surface area contributed by atoms with Gasteiger partial charge in [-0.1, -0.05) is 208 Å². The average molecular weight is 1270 g/mol. The SMILES string of the molecule is CC1(C)c2cc(N(C3=CC=CC3)c3ccc(-c4ccccc4)cc3)ccc2-c2cc3c(N(c4ccc(-c5ccccc5)cc4)c4cccs4)c4cc(N(c5ccc(-c6ccccc6)cc5)c5cccs5)ccc4c(N(c4ccc(-c5ccccc5)cc4)c4cccs4)c3cc21. The van der Waals surface area contributed by atoms with Crippen molar-refractivity contribution < 1.29 is 0 Å². The molecule has 454 valence electrons. The average Bonchev–Trinajstić information content (AvgIpc) is 1.65. The number of fused-ring (bicyclic) bond motifs is 5. The summed E-state index contributed by atoms with van der Waals surface area (Å²) in [5.74, 6) is 0. The van der Waals surface area contributed by atoms with E-state index in [9.17, 15) is 0 Å². The van der Waals surface area contributed by atoms with E-state index in [0.29, 0.717) is 0 Å². The van der Waals surface area contributed by atoms with E-state index in [1.807, 2.05) is 0 Å². The number of hydrogen-bond donors (Lipinski definition) is 0. The van der Waals surface area contributed by atoms with E-state index in [-0.39, 0.29) is 0 Å². The molecule has 0 bridgehead atoms. The summed E-state index contributed by atoms with van der Waals surface area (Å²) < 4.78 is 0. The van der Waals surface area contributed by atoms with Crippen molar-refractivity contribution in [3.63, 3.8) is 0 Å². The minimum atomic E-state index is -0.403. The third-order valence-electron chi connectivity index (χ3n) is 18.9. The van der Waals surface area contributed by atoms with Gasteiger partial charge in [0.25, 0.3) is 0 Å². The molecule has 3 aromatic heterocycles. The molecule has 0 spiro atoms. The highest BCUT2D eigenvalue weighted by molar-refractivity contribution is 7.15. The monoisotopic (exact) mass is 1270 g/mol. The number of allylic oxidation sites excluding steroid dienone is 3. The van der Waals surface area contributed by atoms with E-state index in [0.717, 1.165) is 88.5 Å². The van der Waals surface area contributed by atoms with Crippen molar-refractivity contribution in [2.24, 2.45) is 0 Å². The van der Waals surface area contributed by atoms with Crippen molar-refractivity contribution in [1.82, 2.24) is 0 Å². The van der Waals surface area contributed by atoms with Gasteiger partial charge in [0.05, 0.1) is 26.4 Å². The summed E-state index contributed by atoms with van der Waals surface area (Å²) in [6.07, 6.45) is 7.58. The van der Waals surface area contributed by atoms with Gasteiger partial charge in [-0.05, 0) is 210 Å². The summed E-state index contributed by atoms with van der Waals surface area (Å²) in [6, 6.07) is 112. The van der Waals surface area contributed by atoms with Crippen LogP contribution in [0.15, 0.2) is 343 Å². The molecule has 0 aliphatic heterocycles. The van der Waals surface area contributed by atoms with Crippen LogP contribution in [0.25, 0.3) is 77.2 Å². The van der Waals surface area contributed by atoms with Gasteiger partial charge in [-0.15, -0.1) is 34.0 Å². The second-order valence-electron chi connectivity index (χ2n) is 24.9. The zero-order chi connectivity index (χ0) is 63.4. The first-order valence-electron chi connectivity index (χ1n) is 32.4. The zero-order valence-electron chi connectivity index (χ0n) is 52.6. The van der Waals surface area contributed by atoms with Crippen LogP contribution in [-0.4, -0.2) is 0 Å². The van der Waals surface area contributed by atoms with Crippen LogP contribution in [0.5, 0.6) is 0 Å². The van der Waals surface area contributed by atoms with Crippen LogP contribution in [0.2, 0.25) is 0 Å². The van der Waals surface area contributed by atoms with E-state index >= 15 is 0 Å². The quantitative estimate of drug-likeness (QED) is 0.0706. The number of nitrogens with zero attached hydrogens (tertiary/aromatic N) is 4. The molecule has 2 aliphatic carbocycles. The maximum Gasteiger partial charge on any atom is 0.0999 e. The number of hydrogen-bond acceptors (Lipinski definition) is 7. The lowest BCUT2D eigenvalue weighted by Gasteiger charge is -2.33. The van der Waals surface area contributed by atoms with E-state index in [1.165, 1.54) is 72.5 Å². The molecule has 95 heavy (non-hydrogen) atoms. The first kappa shape index (κ1) is 57.8. The lowest BCUT2D eigenvalue weighted by Crippen LogP contribution is -2.18. The molecule has 4 nitrogen and oxygen atoms in total. The molecule has 7 heteroatoms. The largest absolute Gasteiger partial charge is 0.314 e. The minimum Gasteiger partial charge on any atom is -0.314 e. The maximum absolute atomic E-state index is 2.58. The maximum atomic E-state index is 2.58. The fourth-order valence-corrected chi connectivity index (χ4v) is 16.6. The standard InChI is InChI=1S/C88H64N4S3/c1-88(2)81-57-74(89(68-28-15-16-29-68)69-41-33-64(34-42-69)60-20-7-3-8-21-60)49-51-75(81)77-58-79-80(59-82(77)88)86(91(84-31-18-54-94-84)71-45-37-66(38-46-71)62-24-11-5-12-25-62)76-52-50-73(90(83-30-17-53-93-83)70-43-35-65(36-44-70)61-22-9-4-10-23-61)56-78(76)87(79)92(85-32-19-55-95-85)72-47-39-67(40-48-72)63-26-13-6-14-27-63/h3-28,30-59H,29H2,1-2H3. The molecule has 3 heterocycles. The van der Waals surface area contributed by atoms with Crippen LogP contribution in [0.3, 0.4) is 0 Å². The summed E-state index contributed by atoms with van der Waals surface area (Å²) in [5, 5.41) is 14.6. The first-order chi connectivity index (χ1) is 46.9. The summed E-state index contributed by atoms with van der Waals surface area (Å²) in [5.41, 5.74) is 24.2. The molecule has 12 aromatic carbocycles. The predicted octanol–water partition coefficient (Wildman–Crippen LogP) is 26.5. The van der Waals surface area contributed by atoms with Crippen LogP contribution in [0.1, 0.15) is 31.4 Å². The van der Waals surface area contributed by atoms with Crippen molar-refractivity contribution in [3.8, 4) is 55.6 Å². The second-order valence-corrected chi connectivity index (χ2v) is 27.6. The van der Waals surface area contributed by atoms with Gasteiger partial charge < -0.3 is 19.6 Å². The Morgan fingerprint density at radius 1 is 0.284 bits per heavy atom. The van der Waals surface area contributed by atoms with Crippen LogP contribution in [0.4, 0.5) is 60.5 Å². The van der Waals surface area contributed by atoms with E-state index in [2.05, 4.69) is 371 Å². The van der Waals surface area contributed by atoms with Crippen LogP contribution in [-0.2, 0) is 5.41 Å². The zero-order valence-corrected chi connectivity index (χ0v) is 55.0. The molecule has 0 unspecified atom stereocenters. The van der Waals surface area contributed by atoms with E-state index in [1.54, 1.807) is 34.0 Å². The molecule has 0 saturated heterocycles. The van der Waals surface area contributed by atoms with E-state index in [4.69, 9.17) is 0 Å². The Morgan fingerprint density at radius 3 is 1.07 bits per heavy atom. The molecular formula is C88H64N4S3. The predicted molar refractivity (Wildman–Crippen MR) is 409 cm³/mol. The van der Waals surface area contributed by atoms with E-state index < -0.39 is 5.41 Å². The number of benzene rings is 12. The van der Waals surface area contributed by atoms with Gasteiger partial charge in [0.2, 0.25) is 0 Å². The van der Waals surface area contributed by atoms with Gasteiger partial charge >= 0.3 is 0 Å². The second kappa shape index (κ2) is 24.4. The van der Waals surface area contributed by atoms with Crippen LogP contribution in [0, 0.1) is 0 Å². The van der Waals surface area contributed by atoms with Crippen molar-refractivity contribution in [2.45, 2.75) is 25.7 Å². The Balaban J connectivity index is 0.940. The van der Waals surface area contributed by atoms with Crippen molar-refractivity contribution >= 4 is 116 Å². The fourth-order valence-electron chi connectivity index (χ4n) is 14.3. The summed E-state index contributed by atoms with van der Waals surface area (Å²) in [4.78, 5) is 9.99. The Labute approximate surface area is 567 Å². The Morgan fingerprint density at radius 2 is 0.642 bits per heavy atom. The lowest BCUT2D eigenvalue weighted by molar-refractivity contribution is 0.661. The first-order valence-corrected chi connectivity index (χ1v) is 35.0. The molecule has 0 fully saturated rings. The third kappa shape index (κ3) is 10.6. The Kier molecular flexibility index (Phi) is 14.9. The van der Waals surface area contributed by atoms with Gasteiger partial charge in [-0.25, -0.2) is 0 Å². The van der Waals surface area contributed by atoms with Gasteiger partial charge in [-0.2, -0.15) is 0 Å². The van der Waals surface area contributed by atoms with Gasteiger partial charge in [0, 0.05) is 73.2 Å². The van der Waals surface area contributed by atoms with Gasteiger partial charge in [0.15, 0.2) is 0 Å². The number of thiophene rings is 3. The summed E-state index contributed by atoms with van der Waals surface area (Å²) >= 11 is 5.29.